The van der Waals surface area contributed by atoms with E-state index in [4.69, 9.17) is 9.72 Å². The third-order valence-electron chi connectivity index (χ3n) is 5.72. The Hall–Kier alpha value is -3.07. The monoisotopic (exact) mass is 398 g/mol. The fraction of sp³-hybridized carbons (Fsp3) is 0.296. The van der Waals surface area contributed by atoms with Crippen molar-refractivity contribution in [3.63, 3.8) is 0 Å². The Morgan fingerprint density at radius 1 is 0.867 bits per heavy atom. The first-order valence-electron chi connectivity index (χ1n) is 10.7. The van der Waals surface area contributed by atoms with Crippen molar-refractivity contribution in [3.05, 3.63) is 95.3 Å². The predicted molar refractivity (Wildman–Crippen MR) is 124 cm³/mol. The van der Waals surface area contributed by atoms with Crippen molar-refractivity contribution in [2.24, 2.45) is 5.92 Å². The molecule has 1 atom stereocenters. The first-order valence-corrected chi connectivity index (χ1v) is 10.7. The van der Waals surface area contributed by atoms with E-state index in [1.165, 1.54) is 11.1 Å². The van der Waals surface area contributed by atoms with Crippen LogP contribution < -0.4 is 4.74 Å². The summed E-state index contributed by atoms with van der Waals surface area (Å²) in [5.41, 5.74) is 6.03. The van der Waals surface area contributed by atoms with Crippen LogP contribution in [0.5, 0.6) is 5.75 Å². The summed E-state index contributed by atoms with van der Waals surface area (Å²) in [6.07, 6.45) is 1.11. The highest BCUT2D eigenvalue weighted by molar-refractivity contribution is 5.76. The fourth-order valence-corrected chi connectivity index (χ4v) is 4.16. The van der Waals surface area contributed by atoms with Gasteiger partial charge in [-0.1, -0.05) is 75.4 Å². The molecule has 30 heavy (non-hydrogen) atoms. The Bertz CT molecular complexity index is 1130. The van der Waals surface area contributed by atoms with Crippen LogP contribution in [-0.2, 0) is 13.0 Å². The number of hydrogen-bond acceptors (Lipinski definition) is 2. The molecule has 0 saturated heterocycles. The highest BCUT2D eigenvalue weighted by atomic mass is 16.5. The minimum atomic E-state index is 0.195. The average Bonchev–Trinajstić information content (AvgIpc) is 3.12. The smallest absolute Gasteiger partial charge is 0.123 e. The molecule has 0 aliphatic carbocycles. The first kappa shape index (κ1) is 20.2. The van der Waals surface area contributed by atoms with Gasteiger partial charge in [-0.2, -0.15) is 0 Å². The lowest BCUT2D eigenvalue weighted by atomic mass is 9.96. The molecule has 0 saturated carbocycles. The number of fused-ring (bicyclic) bond motifs is 1. The molecule has 154 valence electrons. The quantitative estimate of drug-likeness (QED) is 0.358. The summed E-state index contributed by atoms with van der Waals surface area (Å²) >= 11 is 0. The number of hydrogen-bond donors (Lipinski definition) is 0. The average molecular weight is 399 g/mol. The lowest BCUT2D eigenvalue weighted by Crippen LogP contribution is -2.10. The van der Waals surface area contributed by atoms with Crippen molar-refractivity contribution in [1.82, 2.24) is 9.55 Å². The highest BCUT2D eigenvalue weighted by Crippen LogP contribution is 2.30. The van der Waals surface area contributed by atoms with Gasteiger partial charge in [0.05, 0.1) is 24.7 Å². The molecule has 0 N–H and O–H groups in total. The van der Waals surface area contributed by atoms with Gasteiger partial charge in [-0.3, -0.25) is 0 Å². The van der Waals surface area contributed by atoms with Gasteiger partial charge in [0.15, 0.2) is 0 Å². The molecule has 0 unspecified atom stereocenters. The number of benzene rings is 3. The summed E-state index contributed by atoms with van der Waals surface area (Å²) < 4.78 is 7.94. The second-order valence-corrected chi connectivity index (χ2v) is 8.42. The molecule has 3 heteroatoms. The van der Waals surface area contributed by atoms with Crippen LogP contribution in [0.4, 0.5) is 0 Å². The summed E-state index contributed by atoms with van der Waals surface area (Å²) in [4.78, 5) is 5.03. The molecule has 3 aromatic carbocycles. The van der Waals surface area contributed by atoms with Gasteiger partial charge in [-0.25, -0.2) is 4.98 Å². The van der Waals surface area contributed by atoms with E-state index in [0.717, 1.165) is 41.1 Å². The van der Waals surface area contributed by atoms with Gasteiger partial charge < -0.3 is 9.30 Å². The highest BCUT2D eigenvalue weighted by Gasteiger charge is 2.19. The van der Waals surface area contributed by atoms with E-state index in [9.17, 15) is 0 Å². The minimum Gasteiger partial charge on any atom is -0.496 e. The van der Waals surface area contributed by atoms with Crippen LogP contribution >= 0.6 is 0 Å². The predicted octanol–water partition coefficient (Wildman–Crippen LogP) is 6.44. The van der Waals surface area contributed by atoms with Crippen LogP contribution in [0.25, 0.3) is 11.0 Å². The van der Waals surface area contributed by atoms with Crippen molar-refractivity contribution in [3.8, 4) is 5.75 Å². The molecule has 1 aromatic heterocycles. The first-order chi connectivity index (χ1) is 14.6. The Balaban J connectivity index is 1.74. The Morgan fingerprint density at radius 2 is 1.57 bits per heavy atom. The molecule has 4 aromatic rings. The van der Waals surface area contributed by atoms with Crippen molar-refractivity contribution < 1.29 is 4.74 Å². The lowest BCUT2D eigenvalue weighted by molar-refractivity contribution is 0.408. The normalized spacial score (nSPS) is 12.4. The number of para-hydroxylation sites is 3. The number of imidazole rings is 1. The van der Waals surface area contributed by atoms with E-state index in [-0.39, 0.29) is 5.92 Å². The van der Waals surface area contributed by atoms with Gasteiger partial charge in [0.25, 0.3) is 0 Å². The molecule has 0 bridgehead atoms. The molecule has 0 fully saturated rings. The molecule has 3 nitrogen and oxygen atoms in total. The van der Waals surface area contributed by atoms with E-state index in [1.807, 2.05) is 12.1 Å². The fourth-order valence-electron chi connectivity index (χ4n) is 4.16. The topological polar surface area (TPSA) is 27.1 Å². The Morgan fingerprint density at radius 3 is 2.30 bits per heavy atom. The van der Waals surface area contributed by atoms with Gasteiger partial charge in [0, 0.05) is 11.5 Å². The van der Waals surface area contributed by atoms with Gasteiger partial charge in [-0.05, 0) is 41.7 Å². The zero-order valence-corrected chi connectivity index (χ0v) is 18.3. The lowest BCUT2D eigenvalue weighted by Gasteiger charge is -2.17. The molecular weight excluding hydrogens is 368 g/mol. The molecule has 0 amide bonds. The Labute approximate surface area is 179 Å². The third kappa shape index (κ3) is 4.11. The second-order valence-electron chi connectivity index (χ2n) is 8.42. The van der Waals surface area contributed by atoms with Crippen molar-refractivity contribution in [2.45, 2.75) is 39.7 Å². The zero-order chi connectivity index (χ0) is 21.1. The summed E-state index contributed by atoms with van der Waals surface area (Å²) in [7, 11) is 1.73. The van der Waals surface area contributed by atoms with E-state index in [2.05, 4.69) is 86.0 Å². The number of methoxy groups -OCH3 is 1. The molecule has 0 aliphatic heterocycles. The molecule has 0 radical (unpaired) electrons. The van der Waals surface area contributed by atoms with E-state index in [1.54, 1.807) is 7.11 Å². The van der Waals surface area contributed by atoms with Crippen LogP contribution in [0.15, 0.2) is 72.8 Å². The molecule has 1 heterocycles. The van der Waals surface area contributed by atoms with Crippen LogP contribution in [0.3, 0.4) is 0 Å². The van der Waals surface area contributed by atoms with Crippen molar-refractivity contribution in [2.75, 3.05) is 7.11 Å². The van der Waals surface area contributed by atoms with E-state index in [0.29, 0.717) is 5.92 Å². The molecule has 4 rings (SSSR count). The SMILES string of the molecule is COc1ccccc1Cn1c([C@@H](C)c2ccc(CC(C)C)cc2)nc2ccccc21. The number of rotatable bonds is 7. The van der Waals surface area contributed by atoms with Crippen LogP contribution in [0, 0.1) is 5.92 Å². The van der Waals surface area contributed by atoms with Gasteiger partial charge >= 0.3 is 0 Å². The van der Waals surface area contributed by atoms with Crippen LogP contribution in [-0.4, -0.2) is 16.7 Å². The van der Waals surface area contributed by atoms with Crippen molar-refractivity contribution >= 4 is 11.0 Å². The van der Waals surface area contributed by atoms with Crippen molar-refractivity contribution in [1.29, 1.82) is 0 Å². The number of aromatic nitrogens is 2. The second kappa shape index (κ2) is 8.74. The van der Waals surface area contributed by atoms with Gasteiger partial charge in [0.1, 0.15) is 11.6 Å². The summed E-state index contributed by atoms with van der Waals surface area (Å²) in [6.45, 7) is 7.50. The van der Waals surface area contributed by atoms with E-state index < -0.39 is 0 Å². The maximum Gasteiger partial charge on any atom is 0.123 e. The number of ether oxygens (including phenoxy) is 1. The maximum atomic E-state index is 5.60. The maximum absolute atomic E-state index is 5.60. The van der Waals surface area contributed by atoms with Gasteiger partial charge in [0.2, 0.25) is 0 Å². The Kier molecular flexibility index (Phi) is 5.89. The van der Waals surface area contributed by atoms with E-state index >= 15 is 0 Å². The summed E-state index contributed by atoms with van der Waals surface area (Å²) in [6, 6.07) is 25.6. The standard InChI is InChI=1S/C27H30N2O/c1-19(2)17-21-13-15-22(16-14-21)20(3)27-28-24-10-6-7-11-25(24)29(27)18-23-9-5-8-12-26(23)30-4/h5-16,19-20H,17-18H2,1-4H3/t20-/m0/s1. The molecule has 0 spiro atoms. The molecule has 0 aliphatic rings. The van der Waals surface area contributed by atoms with Crippen LogP contribution in [0.1, 0.15) is 49.2 Å². The summed E-state index contributed by atoms with van der Waals surface area (Å²) in [5.74, 6) is 2.85. The zero-order valence-electron chi connectivity index (χ0n) is 18.3. The summed E-state index contributed by atoms with van der Waals surface area (Å²) in [5, 5.41) is 0. The van der Waals surface area contributed by atoms with Gasteiger partial charge in [-0.15, -0.1) is 0 Å². The van der Waals surface area contributed by atoms with Crippen LogP contribution in [0.2, 0.25) is 0 Å². The molecular formula is C27H30N2O. The number of nitrogens with zero attached hydrogens (tertiary/aromatic N) is 2. The minimum absolute atomic E-state index is 0.195. The third-order valence-corrected chi connectivity index (χ3v) is 5.72. The largest absolute Gasteiger partial charge is 0.496 e.